The first-order chi connectivity index (χ1) is 30.0. The van der Waals surface area contributed by atoms with E-state index in [9.17, 15) is 0 Å². The van der Waals surface area contributed by atoms with Crippen LogP contribution in [-0.4, -0.2) is 6.71 Å². The molecule has 2 heterocycles. The Labute approximate surface area is 359 Å². The molecule has 0 spiro atoms. The van der Waals surface area contributed by atoms with E-state index in [2.05, 4.69) is 238 Å². The largest absolute Gasteiger partial charge is 0.458 e. The first-order valence-corrected chi connectivity index (χ1v) is 21.3. The first kappa shape index (κ1) is 36.7. The minimum absolute atomic E-state index is 0.0392. The molecule has 0 atom stereocenters. The summed E-state index contributed by atoms with van der Waals surface area (Å²) in [5, 5.41) is 0. The van der Waals surface area contributed by atoms with Crippen molar-refractivity contribution in [1.29, 1.82) is 0 Å². The van der Waals surface area contributed by atoms with E-state index in [0.29, 0.717) is 0 Å². The van der Waals surface area contributed by atoms with Gasteiger partial charge in [0.2, 0.25) is 0 Å². The summed E-state index contributed by atoms with van der Waals surface area (Å²) < 4.78 is 7.30. The van der Waals surface area contributed by atoms with Crippen molar-refractivity contribution in [2.75, 3.05) is 4.90 Å². The van der Waals surface area contributed by atoms with Gasteiger partial charge in [0, 0.05) is 28.1 Å². The zero-order valence-corrected chi connectivity index (χ0v) is 34.6. The second-order valence-electron chi connectivity index (χ2n) is 17.2. The van der Waals surface area contributed by atoms with Gasteiger partial charge in [0.05, 0.1) is 5.69 Å². The summed E-state index contributed by atoms with van der Waals surface area (Å²) in [4.78, 5) is 2.58. The minimum Gasteiger partial charge on any atom is -0.458 e. The quantitative estimate of drug-likeness (QED) is 0.156. The topological polar surface area (TPSA) is 12.5 Å². The van der Waals surface area contributed by atoms with Gasteiger partial charge >= 0.3 is 0 Å². The van der Waals surface area contributed by atoms with E-state index in [1.54, 1.807) is 0 Å². The van der Waals surface area contributed by atoms with Crippen LogP contribution in [0.1, 0.15) is 26.3 Å². The lowest BCUT2D eigenvalue weighted by atomic mass is 9.34. The Hall–Kier alpha value is -7.36. The van der Waals surface area contributed by atoms with Crippen LogP contribution in [0.15, 0.2) is 212 Å². The zero-order valence-electron chi connectivity index (χ0n) is 34.6. The number of fused-ring (bicyclic) bond motifs is 4. The molecule has 0 N–H and O–H groups in total. The van der Waals surface area contributed by atoms with Gasteiger partial charge in [-0.3, -0.25) is 0 Å². The predicted octanol–water partition coefficient (Wildman–Crippen LogP) is 13.7. The van der Waals surface area contributed by atoms with Crippen molar-refractivity contribution in [3.8, 4) is 67.1 Å². The molecule has 3 heteroatoms. The van der Waals surface area contributed by atoms with E-state index in [1.807, 2.05) is 0 Å². The fourth-order valence-electron chi connectivity index (χ4n) is 9.81. The van der Waals surface area contributed by atoms with Crippen LogP contribution in [0.5, 0.6) is 11.5 Å². The Morgan fingerprint density at radius 1 is 0.410 bits per heavy atom. The van der Waals surface area contributed by atoms with Crippen LogP contribution >= 0.6 is 0 Å². The lowest BCUT2D eigenvalue weighted by molar-refractivity contribution is 0.485. The van der Waals surface area contributed by atoms with Crippen molar-refractivity contribution in [3.63, 3.8) is 0 Å². The van der Waals surface area contributed by atoms with Gasteiger partial charge in [0.1, 0.15) is 11.5 Å². The SMILES string of the molecule is CC(C)(C)c1cc2c3c(c1-c1ccccc1)Oc1ccccc1B3c1ccccc1N2c1c(-c2ccccc2-c2ccccc2)cccc1-c1ccccc1-c1ccccc1. The molecule has 11 rings (SSSR count). The molecule has 2 aliphatic heterocycles. The molecular weight excluding hydrogens is 737 g/mol. The fraction of sp³-hybridized carbons (Fsp3) is 0.0690. The molecule has 0 saturated heterocycles. The number of rotatable bonds is 6. The molecule has 0 amide bonds. The molecule has 290 valence electrons. The Kier molecular flexibility index (Phi) is 8.86. The van der Waals surface area contributed by atoms with Gasteiger partial charge in [0.25, 0.3) is 6.71 Å². The van der Waals surface area contributed by atoms with Gasteiger partial charge in [-0.15, -0.1) is 0 Å². The summed E-state index contributed by atoms with van der Waals surface area (Å²) in [5.41, 5.74) is 19.8. The van der Waals surface area contributed by atoms with Crippen LogP contribution in [0.25, 0.3) is 55.6 Å². The number of anilines is 3. The number of hydrogen-bond acceptors (Lipinski definition) is 2. The second kappa shape index (κ2) is 14.7. The number of para-hydroxylation sites is 3. The Bertz CT molecular complexity index is 2990. The lowest BCUT2D eigenvalue weighted by Gasteiger charge is -2.43. The van der Waals surface area contributed by atoms with E-state index in [-0.39, 0.29) is 12.1 Å². The zero-order chi connectivity index (χ0) is 41.1. The van der Waals surface area contributed by atoms with Crippen LogP contribution < -0.4 is 26.0 Å². The molecule has 0 fully saturated rings. The highest BCUT2D eigenvalue weighted by Crippen LogP contribution is 2.53. The Morgan fingerprint density at radius 3 is 1.44 bits per heavy atom. The number of ether oxygens (including phenoxy) is 1. The summed E-state index contributed by atoms with van der Waals surface area (Å²) in [6, 6.07) is 77.3. The van der Waals surface area contributed by atoms with E-state index in [0.717, 1.165) is 50.8 Å². The monoisotopic (exact) mass is 781 g/mol. The van der Waals surface area contributed by atoms with Crippen LogP contribution in [0.2, 0.25) is 0 Å². The fourth-order valence-corrected chi connectivity index (χ4v) is 9.81. The highest BCUT2D eigenvalue weighted by molar-refractivity contribution is 6.99. The normalized spacial score (nSPS) is 12.6. The average molecular weight is 782 g/mol. The van der Waals surface area contributed by atoms with Crippen LogP contribution in [0.3, 0.4) is 0 Å². The van der Waals surface area contributed by atoms with Crippen LogP contribution in [-0.2, 0) is 5.41 Å². The van der Waals surface area contributed by atoms with Crippen molar-refractivity contribution in [1.82, 2.24) is 0 Å². The molecule has 2 nitrogen and oxygen atoms in total. The van der Waals surface area contributed by atoms with Gasteiger partial charge in [-0.1, -0.05) is 215 Å². The first-order valence-electron chi connectivity index (χ1n) is 21.3. The standard InChI is InChI=1S/C58H44BNO/c1-58(2,3)48-38-52-55-57(54(48)41-26-11-6-12-27-41)61-53-37-20-18-35-50(53)59(55)49-34-17-19-36-51(49)60(52)56-46(44-30-15-13-28-42(44)39-22-7-4-8-23-39)32-21-33-47(56)45-31-16-14-29-43(45)40-24-9-5-10-25-40/h4-38H,1-3H3. The van der Waals surface area contributed by atoms with Gasteiger partial charge in [-0.2, -0.15) is 0 Å². The number of benzene rings is 9. The molecule has 0 aromatic heterocycles. The van der Waals surface area contributed by atoms with Crippen molar-refractivity contribution in [3.05, 3.63) is 218 Å². The summed E-state index contributed by atoms with van der Waals surface area (Å²) in [5.74, 6) is 1.84. The molecule has 9 aromatic rings. The highest BCUT2D eigenvalue weighted by Gasteiger charge is 2.45. The number of hydrogen-bond donors (Lipinski definition) is 0. The maximum absolute atomic E-state index is 7.30. The summed E-state index contributed by atoms with van der Waals surface area (Å²) in [6.45, 7) is 6.95. The molecule has 0 bridgehead atoms. The Morgan fingerprint density at radius 2 is 0.869 bits per heavy atom. The molecule has 0 saturated carbocycles. The summed E-state index contributed by atoms with van der Waals surface area (Å²) in [7, 11) is 0. The van der Waals surface area contributed by atoms with Crippen molar-refractivity contribution in [2.24, 2.45) is 0 Å². The molecular formula is C58H44BNO. The average Bonchev–Trinajstić information content (AvgIpc) is 3.31. The molecule has 0 radical (unpaired) electrons. The van der Waals surface area contributed by atoms with E-state index in [1.165, 1.54) is 55.3 Å². The third-order valence-electron chi connectivity index (χ3n) is 12.5. The smallest absolute Gasteiger partial charge is 0.256 e. The van der Waals surface area contributed by atoms with Crippen LogP contribution in [0.4, 0.5) is 17.1 Å². The van der Waals surface area contributed by atoms with Crippen molar-refractivity contribution >= 4 is 40.2 Å². The molecule has 0 unspecified atom stereocenters. The predicted molar refractivity (Wildman–Crippen MR) is 258 cm³/mol. The molecule has 0 aliphatic carbocycles. The number of nitrogens with zero attached hydrogens (tertiary/aromatic N) is 1. The van der Waals surface area contributed by atoms with E-state index < -0.39 is 0 Å². The van der Waals surface area contributed by atoms with Gasteiger partial charge in [0.15, 0.2) is 0 Å². The van der Waals surface area contributed by atoms with Gasteiger partial charge in [-0.05, 0) is 84.5 Å². The van der Waals surface area contributed by atoms with Crippen molar-refractivity contribution < 1.29 is 4.74 Å². The third-order valence-corrected chi connectivity index (χ3v) is 12.5. The maximum atomic E-state index is 7.30. The van der Waals surface area contributed by atoms with E-state index >= 15 is 0 Å². The maximum Gasteiger partial charge on any atom is 0.256 e. The highest BCUT2D eigenvalue weighted by atomic mass is 16.5. The van der Waals surface area contributed by atoms with Crippen LogP contribution in [0, 0.1) is 0 Å². The van der Waals surface area contributed by atoms with Gasteiger partial charge < -0.3 is 9.64 Å². The molecule has 2 aliphatic rings. The summed E-state index contributed by atoms with van der Waals surface area (Å²) >= 11 is 0. The van der Waals surface area contributed by atoms with E-state index in [4.69, 9.17) is 4.74 Å². The molecule has 9 aromatic carbocycles. The minimum atomic E-state index is -0.225. The third kappa shape index (κ3) is 6.11. The summed E-state index contributed by atoms with van der Waals surface area (Å²) in [6.07, 6.45) is 0. The Balaban J connectivity index is 1.30. The van der Waals surface area contributed by atoms with Crippen molar-refractivity contribution in [2.45, 2.75) is 26.2 Å². The second-order valence-corrected chi connectivity index (χ2v) is 17.2. The van der Waals surface area contributed by atoms with Gasteiger partial charge in [-0.25, -0.2) is 0 Å². The lowest BCUT2D eigenvalue weighted by Crippen LogP contribution is -2.59. The molecule has 61 heavy (non-hydrogen) atoms.